The van der Waals surface area contributed by atoms with Crippen molar-refractivity contribution in [3.05, 3.63) is 29.3 Å². The lowest BCUT2D eigenvalue weighted by atomic mass is 10.3. The average molecular weight is 216 g/mol. The molecule has 76 valence electrons. The maximum Gasteiger partial charge on any atom is 0.412 e. The molecule has 0 atom stereocenters. The summed E-state index contributed by atoms with van der Waals surface area (Å²) in [6.07, 6.45) is -0.632. The Labute approximate surface area is 86.4 Å². The molecule has 0 saturated carbocycles. The summed E-state index contributed by atoms with van der Waals surface area (Å²) in [4.78, 5) is 11.0. The highest BCUT2D eigenvalue weighted by atomic mass is 35.5. The molecule has 0 radical (unpaired) electrons. The first kappa shape index (κ1) is 10.8. The topological polar surface area (TPSA) is 58.6 Å². The number of aliphatic hydroxyl groups excluding tert-OH is 1. The molecule has 0 unspecified atom stereocenters. The Bertz CT molecular complexity index is 317. The Balaban J connectivity index is 2.52. The standard InChI is InChI=1S/C9H10ClNO3/c10-7-3-1-2-4-8(7)14-9(13)11-5-6-12/h1-4,12H,5-6H2,(H,11,13). The molecule has 0 heterocycles. The number of aliphatic hydroxyl groups is 1. The molecule has 1 amide bonds. The molecule has 0 aromatic heterocycles. The van der Waals surface area contributed by atoms with Crippen LogP contribution in [0.3, 0.4) is 0 Å². The molecule has 14 heavy (non-hydrogen) atoms. The quantitative estimate of drug-likeness (QED) is 0.802. The fraction of sp³-hybridized carbons (Fsp3) is 0.222. The van der Waals surface area contributed by atoms with E-state index >= 15 is 0 Å². The van der Waals surface area contributed by atoms with Gasteiger partial charge >= 0.3 is 6.09 Å². The van der Waals surface area contributed by atoms with E-state index in [4.69, 9.17) is 21.4 Å². The zero-order valence-electron chi connectivity index (χ0n) is 7.37. The molecule has 5 heteroatoms. The molecular formula is C9H10ClNO3. The van der Waals surface area contributed by atoms with Crippen LogP contribution in [0.2, 0.25) is 5.02 Å². The van der Waals surface area contributed by atoms with E-state index in [1.807, 2.05) is 0 Å². The molecule has 1 aromatic carbocycles. The predicted molar refractivity (Wildman–Crippen MR) is 52.6 cm³/mol. The third-order valence-corrected chi connectivity index (χ3v) is 1.73. The molecule has 1 rings (SSSR count). The van der Waals surface area contributed by atoms with Crippen LogP contribution in [0.25, 0.3) is 0 Å². The Hall–Kier alpha value is -1.26. The molecule has 0 saturated heterocycles. The molecule has 0 fully saturated rings. The largest absolute Gasteiger partial charge is 0.412 e. The van der Waals surface area contributed by atoms with Crippen LogP contribution in [-0.4, -0.2) is 24.4 Å². The number of carbonyl (C=O) groups is 1. The first-order chi connectivity index (χ1) is 6.74. The van der Waals surface area contributed by atoms with Crippen molar-refractivity contribution in [3.8, 4) is 5.75 Å². The Morgan fingerprint density at radius 2 is 2.21 bits per heavy atom. The van der Waals surface area contributed by atoms with Crippen LogP contribution in [0.15, 0.2) is 24.3 Å². The summed E-state index contributed by atoms with van der Waals surface area (Å²) >= 11 is 5.75. The molecule has 0 aliphatic rings. The van der Waals surface area contributed by atoms with E-state index < -0.39 is 6.09 Å². The van der Waals surface area contributed by atoms with Crippen LogP contribution in [0, 0.1) is 0 Å². The molecule has 1 aromatic rings. The highest BCUT2D eigenvalue weighted by Gasteiger charge is 2.05. The number of hydrogen-bond acceptors (Lipinski definition) is 3. The van der Waals surface area contributed by atoms with Crippen molar-refractivity contribution in [3.63, 3.8) is 0 Å². The number of benzene rings is 1. The number of hydrogen-bond donors (Lipinski definition) is 2. The number of halogens is 1. The SMILES string of the molecule is O=C(NCCO)Oc1ccccc1Cl. The van der Waals surface area contributed by atoms with Crippen LogP contribution in [0.1, 0.15) is 0 Å². The van der Waals surface area contributed by atoms with Gasteiger partial charge in [-0.05, 0) is 12.1 Å². The second-order valence-electron chi connectivity index (χ2n) is 2.47. The summed E-state index contributed by atoms with van der Waals surface area (Å²) in [5.74, 6) is 0.296. The van der Waals surface area contributed by atoms with E-state index in [1.165, 1.54) is 0 Å². The third-order valence-electron chi connectivity index (χ3n) is 1.42. The summed E-state index contributed by atoms with van der Waals surface area (Å²) in [5, 5.41) is 11.1. The summed E-state index contributed by atoms with van der Waals surface area (Å²) in [7, 11) is 0. The van der Waals surface area contributed by atoms with Crippen LogP contribution < -0.4 is 10.1 Å². The minimum absolute atomic E-state index is 0.127. The molecule has 0 aliphatic heterocycles. The van der Waals surface area contributed by atoms with E-state index in [0.717, 1.165) is 0 Å². The fourth-order valence-corrected chi connectivity index (χ4v) is 0.996. The van der Waals surface area contributed by atoms with Gasteiger partial charge in [0.2, 0.25) is 0 Å². The summed E-state index contributed by atoms with van der Waals surface area (Å²) in [6, 6.07) is 6.65. The number of carbonyl (C=O) groups excluding carboxylic acids is 1. The first-order valence-corrected chi connectivity index (χ1v) is 4.43. The van der Waals surface area contributed by atoms with Crippen molar-refractivity contribution in [1.29, 1.82) is 0 Å². The van der Waals surface area contributed by atoms with Gasteiger partial charge in [0.1, 0.15) is 0 Å². The molecule has 2 N–H and O–H groups in total. The lowest BCUT2D eigenvalue weighted by Crippen LogP contribution is -2.29. The van der Waals surface area contributed by atoms with Crippen LogP contribution in [-0.2, 0) is 0 Å². The molecule has 4 nitrogen and oxygen atoms in total. The van der Waals surface area contributed by atoms with E-state index in [1.54, 1.807) is 24.3 Å². The highest BCUT2D eigenvalue weighted by Crippen LogP contribution is 2.22. The summed E-state index contributed by atoms with van der Waals surface area (Å²) in [6.45, 7) is 0.0287. The monoisotopic (exact) mass is 215 g/mol. The second kappa shape index (κ2) is 5.47. The Kier molecular flexibility index (Phi) is 4.22. The van der Waals surface area contributed by atoms with Gasteiger partial charge in [-0.3, -0.25) is 0 Å². The van der Waals surface area contributed by atoms with E-state index in [2.05, 4.69) is 5.32 Å². The molecular weight excluding hydrogens is 206 g/mol. The van der Waals surface area contributed by atoms with Crippen molar-refractivity contribution in [1.82, 2.24) is 5.32 Å². The summed E-state index contributed by atoms with van der Waals surface area (Å²) in [5.41, 5.74) is 0. The van der Waals surface area contributed by atoms with Gasteiger partial charge in [0.25, 0.3) is 0 Å². The van der Waals surface area contributed by atoms with Gasteiger partial charge in [0, 0.05) is 6.54 Å². The lowest BCUT2D eigenvalue weighted by molar-refractivity contribution is 0.195. The van der Waals surface area contributed by atoms with Gasteiger partial charge in [-0.25, -0.2) is 4.79 Å². The van der Waals surface area contributed by atoms with Crippen LogP contribution >= 0.6 is 11.6 Å². The van der Waals surface area contributed by atoms with Crippen molar-refractivity contribution in [2.45, 2.75) is 0 Å². The minimum Gasteiger partial charge on any atom is -0.409 e. The number of nitrogens with one attached hydrogen (secondary N) is 1. The van der Waals surface area contributed by atoms with E-state index in [9.17, 15) is 4.79 Å². The fourth-order valence-electron chi connectivity index (χ4n) is 0.821. The maximum absolute atomic E-state index is 11.0. The highest BCUT2D eigenvalue weighted by molar-refractivity contribution is 6.32. The van der Waals surface area contributed by atoms with Crippen molar-refractivity contribution in [2.75, 3.05) is 13.2 Å². The van der Waals surface area contributed by atoms with Crippen molar-refractivity contribution in [2.24, 2.45) is 0 Å². The van der Waals surface area contributed by atoms with Crippen molar-refractivity contribution < 1.29 is 14.6 Å². The van der Waals surface area contributed by atoms with Crippen molar-refractivity contribution >= 4 is 17.7 Å². The lowest BCUT2D eigenvalue weighted by Gasteiger charge is -2.06. The minimum atomic E-state index is -0.632. The Morgan fingerprint density at radius 1 is 1.50 bits per heavy atom. The van der Waals surface area contributed by atoms with Gasteiger partial charge < -0.3 is 15.2 Å². The van der Waals surface area contributed by atoms with E-state index in [-0.39, 0.29) is 13.2 Å². The molecule has 0 aliphatic carbocycles. The number of rotatable bonds is 3. The first-order valence-electron chi connectivity index (χ1n) is 4.05. The van der Waals surface area contributed by atoms with E-state index in [0.29, 0.717) is 10.8 Å². The third kappa shape index (κ3) is 3.24. The van der Waals surface area contributed by atoms with Crippen LogP contribution in [0.5, 0.6) is 5.75 Å². The van der Waals surface area contributed by atoms with Gasteiger partial charge in [0.15, 0.2) is 5.75 Å². The summed E-state index contributed by atoms with van der Waals surface area (Å²) < 4.78 is 4.85. The van der Waals surface area contributed by atoms with Gasteiger partial charge in [-0.15, -0.1) is 0 Å². The second-order valence-corrected chi connectivity index (χ2v) is 2.88. The van der Waals surface area contributed by atoms with Gasteiger partial charge in [-0.2, -0.15) is 0 Å². The normalized spacial score (nSPS) is 9.57. The zero-order valence-corrected chi connectivity index (χ0v) is 8.12. The maximum atomic E-state index is 11.0. The zero-order chi connectivity index (χ0) is 10.4. The average Bonchev–Trinajstić information content (AvgIpc) is 2.18. The van der Waals surface area contributed by atoms with Gasteiger partial charge in [-0.1, -0.05) is 23.7 Å². The smallest absolute Gasteiger partial charge is 0.409 e. The molecule has 0 spiro atoms. The Morgan fingerprint density at radius 3 is 2.86 bits per heavy atom. The number of amides is 1. The number of para-hydroxylation sites is 1. The number of ether oxygens (including phenoxy) is 1. The predicted octanol–water partition coefficient (Wildman–Crippen LogP) is 1.42. The van der Waals surface area contributed by atoms with Gasteiger partial charge in [0.05, 0.1) is 11.6 Å². The molecule has 0 bridgehead atoms. The van der Waals surface area contributed by atoms with Crippen LogP contribution in [0.4, 0.5) is 4.79 Å².